The molecule has 26 heavy (non-hydrogen) atoms. The van der Waals surface area contributed by atoms with Gasteiger partial charge in [0.05, 0.1) is 19.6 Å². The van der Waals surface area contributed by atoms with Gasteiger partial charge in [0.2, 0.25) is 5.91 Å². The molecule has 0 aliphatic heterocycles. The van der Waals surface area contributed by atoms with Gasteiger partial charge < -0.3 is 10.1 Å². The van der Waals surface area contributed by atoms with Crippen LogP contribution in [0.15, 0.2) is 48.7 Å². The van der Waals surface area contributed by atoms with Gasteiger partial charge in [0, 0.05) is 6.20 Å². The molecule has 0 radical (unpaired) electrons. The number of nitrogens with zero attached hydrogens (tertiary/aromatic N) is 3. The molecule has 2 aromatic heterocycles. The average molecular weight is 352 g/mol. The first kappa shape index (κ1) is 17.9. The molecule has 0 spiro atoms. The van der Waals surface area contributed by atoms with Crippen LogP contribution in [0.5, 0.6) is 5.75 Å². The SMILES string of the molecule is COc1ccc(CC(=O)NC(CC(C)C)c2nnc3ccccn23)cc1. The van der Waals surface area contributed by atoms with Crippen LogP contribution in [0.3, 0.4) is 0 Å². The highest BCUT2D eigenvalue weighted by Crippen LogP contribution is 2.21. The Hall–Kier alpha value is -2.89. The van der Waals surface area contributed by atoms with Crippen molar-refractivity contribution in [2.45, 2.75) is 32.7 Å². The molecule has 2 heterocycles. The van der Waals surface area contributed by atoms with Gasteiger partial charge in [0.1, 0.15) is 5.75 Å². The van der Waals surface area contributed by atoms with E-state index >= 15 is 0 Å². The molecule has 6 nitrogen and oxygen atoms in total. The number of hydrogen-bond acceptors (Lipinski definition) is 4. The molecule has 0 aliphatic rings. The van der Waals surface area contributed by atoms with Crippen LogP contribution in [-0.4, -0.2) is 27.6 Å². The summed E-state index contributed by atoms with van der Waals surface area (Å²) in [5.74, 6) is 1.92. The second-order valence-corrected chi connectivity index (χ2v) is 6.76. The summed E-state index contributed by atoms with van der Waals surface area (Å²) in [6.07, 6.45) is 3.03. The normalized spacial score (nSPS) is 12.3. The zero-order valence-electron chi connectivity index (χ0n) is 15.3. The summed E-state index contributed by atoms with van der Waals surface area (Å²) in [5, 5.41) is 11.6. The number of pyridine rings is 1. The highest BCUT2D eigenvalue weighted by Gasteiger charge is 2.21. The van der Waals surface area contributed by atoms with E-state index in [0.29, 0.717) is 12.3 Å². The summed E-state index contributed by atoms with van der Waals surface area (Å²) in [6.45, 7) is 4.26. The van der Waals surface area contributed by atoms with Crippen molar-refractivity contribution in [3.8, 4) is 5.75 Å². The monoisotopic (exact) mass is 352 g/mol. The van der Waals surface area contributed by atoms with E-state index in [1.807, 2.05) is 53.1 Å². The Morgan fingerprint density at radius 3 is 2.62 bits per heavy atom. The van der Waals surface area contributed by atoms with Crippen LogP contribution in [-0.2, 0) is 11.2 Å². The Morgan fingerprint density at radius 1 is 1.15 bits per heavy atom. The molecular formula is C20H24N4O2. The first-order valence-electron chi connectivity index (χ1n) is 8.78. The first-order valence-corrected chi connectivity index (χ1v) is 8.78. The number of ether oxygens (including phenoxy) is 1. The van der Waals surface area contributed by atoms with Crippen LogP contribution in [0, 0.1) is 5.92 Å². The van der Waals surface area contributed by atoms with E-state index in [0.717, 1.165) is 29.2 Å². The summed E-state index contributed by atoms with van der Waals surface area (Å²) in [5.41, 5.74) is 1.72. The van der Waals surface area contributed by atoms with Gasteiger partial charge in [-0.15, -0.1) is 10.2 Å². The molecule has 1 N–H and O–H groups in total. The van der Waals surface area contributed by atoms with Crippen molar-refractivity contribution in [2.75, 3.05) is 7.11 Å². The molecule has 0 bridgehead atoms. The maximum atomic E-state index is 12.6. The lowest BCUT2D eigenvalue weighted by atomic mass is 10.0. The molecule has 6 heteroatoms. The van der Waals surface area contributed by atoms with Crippen LogP contribution in [0.2, 0.25) is 0 Å². The summed E-state index contributed by atoms with van der Waals surface area (Å²) < 4.78 is 7.09. The Morgan fingerprint density at radius 2 is 1.92 bits per heavy atom. The Labute approximate surface area is 153 Å². The summed E-state index contributed by atoms with van der Waals surface area (Å²) in [7, 11) is 1.63. The molecule has 0 aliphatic carbocycles. The van der Waals surface area contributed by atoms with Crippen LogP contribution in [0.4, 0.5) is 0 Å². The van der Waals surface area contributed by atoms with Crippen molar-refractivity contribution in [1.82, 2.24) is 19.9 Å². The smallest absolute Gasteiger partial charge is 0.225 e. The number of fused-ring (bicyclic) bond motifs is 1. The first-order chi connectivity index (χ1) is 12.6. The van der Waals surface area contributed by atoms with Gasteiger partial charge in [-0.3, -0.25) is 9.20 Å². The average Bonchev–Trinajstić information content (AvgIpc) is 3.05. The molecule has 0 fully saturated rings. The minimum absolute atomic E-state index is 0.0338. The van der Waals surface area contributed by atoms with Crippen LogP contribution in [0.25, 0.3) is 5.65 Å². The topological polar surface area (TPSA) is 68.5 Å². The van der Waals surface area contributed by atoms with E-state index in [1.165, 1.54) is 0 Å². The summed E-state index contributed by atoms with van der Waals surface area (Å²) in [6, 6.07) is 13.1. The Balaban J connectivity index is 1.76. The van der Waals surface area contributed by atoms with Crippen molar-refractivity contribution in [3.63, 3.8) is 0 Å². The number of benzene rings is 1. The van der Waals surface area contributed by atoms with Crippen molar-refractivity contribution in [1.29, 1.82) is 0 Å². The molecule has 1 aromatic carbocycles. The van der Waals surface area contributed by atoms with Gasteiger partial charge in [-0.2, -0.15) is 0 Å². The van der Waals surface area contributed by atoms with Gasteiger partial charge in [0.15, 0.2) is 11.5 Å². The highest BCUT2D eigenvalue weighted by molar-refractivity contribution is 5.79. The van der Waals surface area contributed by atoms with Crippen LogP contribution in [0.1, 0.15) is 37.7 Å². The van der Waals surface area contributed by atoms with E-state index in [1.54, 1.807) is 7.11 Å². The molecule has 0 saturated heterocycles. The van der Waals surface area contributed by atoms with Crippen molar-refractivity contribution < 1.29 is 9.53 Å². The molecule has 1 atom stereocenters. The number of carbonyl (C=O) groups is 1. The van der Waals surface area contributed by atoms with Crippen LogP contribution < -0.4 is 10.1 Å². The predicted octanol–water partition coefficient (Wildman–Crippen LogP) is 3.18. The molecule has 3 aromatic rings. The number of nitrogens with one attached hydrogen (secondary N) is 1. The Bertz CT molecular complexity index is 871. The number of hydrogen-bond donors (Lipinski definition) is 1. The van der Waals surface area contributed by atoms with E-state index in [4.69, 9.17) is 4.74 Å². The fourth-order valence-electron chi connectivity index (χ4n) is 2.97. The fourth-order valence-corrected chi connectivity index (χ4v) is 2.97. The molecule has 0 saturated carbocycles. The predicted molar refractivity (Wildman–Crippen MR) is 100 cm³/mol. The Kier molecular flexibility index (Phi) is 5.51. The lowest BCUT2D eigenvalue weighted by Crippen LogP contribution is -2.32. The maximum absolute atomic E-state index is 12.6. The third-order valence-corrected chi connectivity index (χ3v) is 4.22. The zero-order chi connectivity index (χ0) is 18.5. The quantitative estimate of drug-likeness (QED) is 0.709. The standard InChI is InChI=1S/C20H24N4O2/c1-14(2)12-17(20-23-22-18-6-4-5-11-24(18)20)21-19(25)13-15-7-9-16(26-3)10-8-15/h4-11,14,17H,12-13H2,1-3H3,(H,21,25). The van der Waals surface area contributed by atoms with E-state index in [2.05, 4.69) is 29.4 Å². The van der Waals surface area contributed by atoms with Gasteiger partial charge >= 0.3 is 0 Å². The highest BCUT2D eigenvalue weighted by atomic mass is 16.5. The largest absolute Gasteiger partial charge is 0.497 e. The minimum atomic E-state index is -0.182. The second kappa shape index (κ2) is 7.99. The minimum Gasteiger partial charge on any atom is -0.497 e. The summed E-state index contributed by atoms with van der Waals surface area (Å²) in [4.78, 5) is 12.6. The van der Waals surface area contributed by atoms with Gasteiger partial charge in [-0.05, 0) is 42.2 Å². The van der Waals surface area contributed by atoms with Crippen molar-refractivity contribution in [3.05, 3.63) is 60.0 Å². The second-order valence-electron chi connectivity index (χ2n) is 6.76. The molecule has 1 unspecified atom stereocenters. The lowest BCUT2D eigenvalue weighted by molar-refractivity contribution is -0.121. The fraction of sp³-hybridized carbons (Fsp3) is 0.350. The molecule has 136 valence electrons. The number of rotatable bonds is 7. The van der Waals surface area contributed by atoms with E-state index in [9.17, 15) is 4.79 Å². The van der Waals surface area contributed by atoms with Crippen molar-refractivity contribution in [2.24, 2.45) is 5.92 Å². The molecular weight excluding hydrogens is 328 g/mol. The lowest BCUT2D eigenvalue weighted by Gasteiger charge is -2.19. The number of carbonyl (C=O) groups excluding carboxylic acids is 1. The van der Waals surface area contributed by atoms with Gasteiger partial charge in [-0.1, -0.05) is 32.0 Å². The third-order valence-electron chi connectivity index (χ3n) is 4.22. The van der Waals surface area contributed by atoms with Gasteiger partial charge in [0.25, 0.3) is 0 Å². The van der Waals surface area contributed by atoms with Crippen molar-refractivity contribution >= 4 is 11.6 Å². The van der Waals surface area contributed by atoms with Gasteiger partial charge in [-0.25, -0.2) is 0 Å². The number of methoxy groups -OCH3 is 1. The summed E-state index contributed by atoms with van der Waals surface area (Å²) >= 11 is 0. The van der Waals surface area contributed by atoms with E-state index < -0.39 is 0 Å². The third kappa shape index (κ3) is 4.20. The number of amides is 1. The van der Waals surface area contributed by atoms with Crippen LogP contribution >= 0.6 is 0 Å². The maximum Gasteiger partial charge on any atom is 0.225 e. The molecule has 1 amide bonds. The van der Waals surface area contributed by atoms with E-state index in [-0.39, 0.29) is 11.9 Å². The number of aromatic nitrogens is 3. The zero-order valence-corrected chi connectivity index (χ0v) is 15.3. The molecule has 3 rings (SSSR count).